The van der Waals surface area contributed by atoms with E-state index in [0.29, 0.717) is 19.5 Å². The summed E-state index contributed by atoms with van der Waals surface area (Å²) in [6.45, 7) is 2.51. The summed E-state index contributed by atoms with van der Waals surface area (Å²) >= 11 is 0. The van der Waals surface area contributed by atoms with E-state index in [9.17, 15) is 15.0 Å². The lowest BCUT2D eigenvalue weighted by Crippen LogP contribution is -2.48. The van der Waals surface area contributed by atoms with Gasteiger partial charge in [-0.2, -0.15) is 0 Å². The van der Waals surface area contributed by atoms with Crippen molar-refractivity contribution in [3.05, 3.63) is 35.9 Å². The van der Waals surface area contributed by atoms with E-state index in [2.05, 4.69) is 10.6 Å². The standard InChI is InChI=1S/C19H30N2O3/c1-15(22)12-17(16-8-4-2-5-9-16)13-20-18(23)21-14-19(24)10-6-3-7-11-19/h2,4-5,8-9,15,17,22,24H,3,6-7,10-14H2,1H3,(H2,20,21,23). The molecule has 0 aliphatic heterocycles. The van der Waals surface area contributed by atoms with Crippen molar-refractivity contribution in [3.63, 3.8) is 0 Å². The van der Waals surface area contributed by atoms with Crippen LogP contribution in [0.3, 0.4) is 0 Å². The SMILES string of the molecule is CC(O)CC(CNC(=O)NCC1(O)CCCCC1)c1ccccc1. The number of rotatable bonds is 7. The third-order valence-electron chi connectivity index (χ3n) is 4.77. The molecule has 1 aliphatic rings. The molecule has 134 valence electrons. The molecule has 0 radical (unpaired) electrons. The molecular formula is C19H30N2O3. The zero-order chi connectivity index (χ0) is 17.4. The van der Waals surface area contributed by atoms with Crippen LogP contribution < -0.4 is 10.6 Å². The molecule has 2 unspecified atom stereocenters. The number of carbonyl (C=O) groups is 1. The first kappa shape index (κ1) is 18.7. The first-order chi connectivity index (χ1) is 11.5. The Balaban J connectivity index is 1.81. The number of nitrogens with one attached hydrogen (secondary N) is 2. The average molecular weight is 334 g/mol. The summed E-state index contributed by atoms with van der Waals surface area (Å²) in [5, 5.41) is 25.8. The van der Waals surface area contributed by atoms with Crippen molar-refractivity contribution in [1.29, 1.82) is 0 Å². The Bertz CT molecular complexity index is 499. The Labute approximate surface area is 144 Å². The van der Waals surface area contributed by atoms with Crippen molar-refractivity contribution < 1.29 is 15.0 Å². The summed E-state index contributed by atoms with van der Waals surface area (Å²) in [6, 6.07) is 9.63. The molecule has 24 heavy (non-hydrogen) atoms. The zero-order valence-electron chi connectivity index (χ0n) is 14.5. The number of hydrogen-bond acceptors (Lipinski definition) is 3. The van der Waals surface area contributed by atoms with Gasteiger partial charge in [0, 0.05) is 19.0 Å². The molecule has 0 bridgehead atoms. The van der Waals surface area contributed by atoms with Gasteiger partial charge >= 0.3 is 6.03 Å². The molecule has 1 aromatic carbocycles. The minimum Gasteiger partial charge on any atom is -0.393 e. The van der Waals surface area contributed by atoms with Crippen LogP contribution in [0.15, 0.2) is 30.3 Å². The van der Waals surface area contributed by atoms with Gasteiger partial charge in [0.25, 0.3) is 0 Å². The lowest BCUT2D eigenvalue weighted by Gasteiger charge is -2.32. The van der Waals surface area contributed by atoms with E-state index in [4.69, 9.17) is 0 Å². The molecule has 4 N–H and O–H groups in total. The fraction of sp³-hybridized carbons (Fsp3) is 0.632. The fourth-order valence-corrected chi connectivity index (χ4v) is 3.38. The Morgan fingerprint density at radius 3 is 2.46 bits per heavy atom. The number of aliphatic hydroxyl groups is 2. The van der Waals surface area contributed by atoms with Crippen LogP contribution in [0.5, 0.6) is 0 Å². The number of urea groups is 1. The Morgan fingerprint density at radius 2 is 1.83 bits per heavy atom. The third kappa shape index (κ3) is 6.13. The Morgan fingerprint density at radius 1 is 1.17 bits per heavy atom. The maximum Gasteiger partial charge on any atom is 0.314 e. The average Bonchev–Trinajstić information content (AvgIpc) is 2.58. The first-order valence-electron chi connectivity index (χ1n) is 8.96. The number of aliphatic hydroxyl groups excluding tert-OH is 1. The van der Waals surface area contributed by atoms with Crippen LogP contribution in [0.25, 0.3) is 0 Å². The summed E-state index contributed by atoms with van der Waals surface area (Å²) < 4.78 is 0. The molecule has 2 atom stereocenters. The van der Waals surface area contributed by atoms with E-state index in [1.54, 1.807) is 6.92 Å². The van der Waals surface area contributed by atoms with Crippen molar-refractivity contribution in [2.45, 2.75) is 63.1 Å². The molecular weight excluding hydrogens is 304 g/mol. The van der Waals surface area contributed by atoms with Gasteiger partial charge in [-0.15, -0.1) is 0 Å². The second-order valence-electron chi connectivity index (χ2n) is 7.04. The predicted octanol–water partition coefficient (Wildman–Crippen LogP) is 2.54. The van der Waals surface area contributed by atoms with Crippen LogP contribution in [-0.2, 0) is 0 Å². The van der Waals surface area contributed by atoms with Gasteiger partial charge in [0.15, 0.2) is 0 Å². The minimum absolute atomic E-state index is 0.0646. The van der Waals surface area contributed by atoms with Crippen molar-refractivity contribution in [2.75, 3.05) is 13.1 Å². The molecule has 1 aliphatic carbocycles. The minimum atomic E-state index is -0.756. The number of benzene rings is 1. The molecule has 2 rings (SSSR count). The van der Waals surface area contributed by atoms with Crippen LogP contribution in [0.4, 0.5) is 4.79 Å². The molecule has 5 heteroatoms. The van der Waals surface area contributed by atoms with E-state index in [1.807, 2.05) is 30.3 Å². The molecule has 2 amide bonds. The van der Waals surface area contributed by atoms with Gasteiger partial charge in [-0.05, 0) is 31.7 Å². The third-order valence-corrected chi connectivity index (χ3v) is 4.77. The number of amides is 2. The molecule has 0 saturated heterocycles. The maximum atomic E-state index is 12.1. The lowest BCUT2D eigenvalue weighted by atomic mass is 9.85. The van der Waals surface area contributed by atoms with Crippen molar-refractivity contribution >= 4 is 6.03 Å². The topological polar surface area (TPSA) is 81.6 Å². The summed E-state index contributed by atoms with van der Waals surface area (Å²) in [6.07, 6.45) is 4.86. The molecule has 1 fully saturated rings. The molecule has 0 heterocycles. The second-order valence-corrected chi connectivity index (χ2v) is 7.04. The van der Waals surface area contributed by atoms with Gasteiger partial charge in [0.2, 0.25) is 0 Å². The zero-order valence-corrected chi connectivity index (χ0v) is 14.5. The van der Waals surface area contributed by atoms with Crippen LogP contribution in [0.1, 0.15) is 56.9 Å². The highest BCUT2D eigenvalue weighted by Gasteiger charge is 2.29. The first-order valence-corrected chi connectivity index (χ1v) is 8.96. The van der Waals surface area contributed by atoms with Gasteiger partial charge < -0.3 is 20.8 Å². The summed E-state index contributed by atoms with van der Waals surface area (Å²) in [5.41, 5.74) is 0.346. The van der Waals surface area contributed by atoms with Crippen molar-refractivity contribution in [3.8, 4) is 0 Å². The fourth-order valence-electron chi connectivity index (χ4n) is 3.38. The Hall–Kier alpha value is -1.59. The summed E-state index contributed by atoms with van der Waals surface area (Å²) in [4.78, 5) is 12.1. The molecule has 0 aromatic heterocycles. The monoisotopic (exact) mass is 334 g/mol. The van der Waals surface area contributed by atoms with Gasteiger partial charge in [-0.1, -0.05) is 49.6 Å². The quantitative estimate of drug-likeness (QED) is 0.618. The van der Waals surface area contributed by atoms with E-state index >= 15 is 0 Å². The highest BCUT2D eigenvalue weighted by Crippen LogP contribution is 2.27. The molecule has 1 saturated carbocycles. The largest absolute Gasteiger partial charge is 0.393 e. The van der Waals surface area contributed by atoms with E-state index in [0.717, 1.165) is 37.7 Å². The van der Waals surface area contributed by atoms with Crippen LogP contribution >= 0.6 is 0 Å². The van der Waals surface area contributed by atoms with Crippen LogP contribution in [0.2, 0.25) is 0 Å². The van der Waals surface area contributed by atoms with E-state index < -0.39 is 11.7 Å². The predicted molar refractivity (Wildman–Crippen MR) is 94.9 cm³/mol. The van der Waals surface area contributed by atoms with Crippen molar-refractivity contribution in [2.24, 2.45) is 0 Å². The highest BCUT2D eigenvalue weighted by atomic mass is 16.3. The van der Waals surface area contributed by atoms with Crippen molar-refractivity contribution in [1.82, 2.24) is 10.6 Å². The maximum absolute atomic E-state index is 12.1. The second kappa shape index (κ2) is 9.04. The van der Waals surface area contributed by atoms with Gasteiger partial charge in [0.1, 0.15) is 0 Å². The summed E-state index contributed by atoms with van der Waals surface area (Å²) in [5.74, 6) is 0.0646. The molecule has 0 spiro atoms. The molecule has 5 nitrogen and oxygen atoms in total. The van der Waals surface area contributed by atoms with Gasteiger partial charge in [-0.3, -0.25) is 0 Å². The highest BCUT2D eigenvalue weighted by molar-refractivity contribution is 5.74. The van der Waals surface area contributed by atoms with E-state index in [1.165, 1.54) is 0 Å². The number of hydrogen-bond donors (Lipinski definition) is 4. The normalized spacial score (nSPS) is 19.3. The lowest BCUT2D eigenvalue weighted by molar-refractivity contribution is 0.00719. The van der Waals surface area contributed by atoms with Gasteiger partial charge in [-0.25, -0.2) is 4.79 Å². The molecule has 1 aromatic rings. The summed E-state index contributed by atoms with van der Waals surface area (Å²) in [7, 11) is 0. The van der Waals surface area contributed by atoms with E-state index in [-0.39, 0.29) is 11.9 Å². The Kier molecular flexibility index (Phi) is 7.06. The van der Waals surface area contributed by atoms with Crippen LogP contribution in [-0.4, -0.2) is 41.0 Å². The van der Waals surface area contributed by atoms with Gasteiger partial charge in [0.05, 0.1) is 11.7 Å². The van der Waals surface area contributed by atoms with Crippen LogP contribution in [0, 0.1) is 0 Å². The smallest absolute Gasteiger partial charge is 0.314 e. The number of carbonyl (C=O) groups excluding carboxylic acids is 1.